The largest absolute Gasteiger partial charge is 0.493 e. The van der Waals surface area contributed by atoms with E-state index < -0.39 is 0 Å². The van der Waals surface area contributed by atoms with Crippen LogP contribution in [0.5, 0.6) is 5.75 Å². The Morgan fingerprint density at radius 2 is 2.13 bits per heavy atom. The van der Waals surface area contributed by atoms with Crippen LogP contribution in [0, 0.1) is 11.8 Å². The van der Waals surface area contributed by atoms with Gasteiger partial charge in [-0.1, -0.05) is 11.6 Å². The molecule has 1 aromatic rings. The second kappa shape index (κ2) is 8.57. The second-order valence-corrected chi connectivity index (χ2v) is 7.44. The first kappa shape index (κ1) is 18.9. The van der Waals surface area contributed by atoms with Crippen LogP contribution >= 0.6 is 24.0 Å². The summed E-state index contributed by atoms with van der Waals surface area (Å²) in [6.45, 7) is 6.09. The van der Waals surface area contributed by atoms with Crippen LogP contribution in [0.3, 0.4) is 0 Å². The number of hydrogen-bond donors (Lipinski definition) is 1. The van der Waals surface area contributed by atoms with E-state index >= 15 is 0 Å². The molecule has 2 atom stereocenters. The molecule has 0 aromatic heterocycles. The third kappa shape index (κ3) is 5.53. The first-order valence-electron chi connectivity index (χ1n) is 8.51. The van der Waals surface area contributed by atoms with E-state index in [4.69, 9.17) is 22.1 Å². The Morgan fingerprint density at radius 3 is 2.83 bits per heavy atom. The number of nitrogens with zero attached hydrogens (tertiary/aromatic N) is 1. The molecule has 0 amide bonds. The molecule has 1 saturated heterocycles. The van der Waals surface area contributed by atoms with Crippen molar-refractivity contribution in [3.8, 4) is 5.75 Å². The van der Waals surface area contributed by atoms with Gasteiger partial charge in [-0.15, -0.1) is 12.4 Å². The van der Waals surface area contributed by atoms with Crippen LogP contribution in [0.25, 0.3) is 0 Å². The average molecular weight is 359 g/mol. The summed E-state index contributed by atoms with van der Waals surface area (Å²) in [5, 5.41) is 0.787. The van der Waals surface area contributed by atoms with Gasteiger partial charge in [0.1, 0.15) is 5.75 Å². The third-order valence-electron chi connectivity index (χ3n) is 4.87. The number of benzene rings is 1. The highest BCUT2D eigenvalue weighted by atomic mass is 35.5. The normalized spacial score (nSPS) is 23.2. The molecule has 0 spiro atoms. The summed E-state index contributed by atoms with van der Waals surface area (Å²) in [6, 6.07) is 6.27. The van der Waals surface area contributed by atoms with Gasteiger partial charge in [0.25, 0.3) is 0 Å². The highest BCUT2D eigenvalue weighted by molar-refractivity contribution is 6.30. The molecule has 2 N–H and O–H groups in total. The van der Waals surface area contributed by atoms with E-state index in [0.717, 1.165) is 42.9 Å². The number of ether oxygens (including phenoxy) is 1. The van der Waals surface area contributed by atoms with Crippen molar-refractivity contribution >= 4 is 24.0 Å². The lowest BCUT2D eigenvalue weighted by Crippen LogP contribution is -2.41. The SMILES string of the molecule is CC(N)C1CCCN(Cc2cc(Cl)ccc2OCC2CC2)C1.Cl. The Kier molecular flexibility index (Phi) is 7.02. The minimum absolute atomic E-state index is 0. The summed E-state index contributed by atoms with van der Waals surface area (Å²) in [6.07, 6.45) is 5.09. The predicted molar refractivity (Wildman–Crippen MR) is 98.6 cm³/mol. The summed E-state index contributed by atoms with van der Waals surface area (Å²) >= 11 is 6.19. The van der Waals surface area contributed by atoms with E-state index in [1.165, 1.54) is 31.2 Å². The van der Waals surface area contributed by atoms with Gasteiger partial charge in [-0.3, -0.25) is 4.90 Å². The van der Waals surface area contributed by atoms with Crippen LogP contribution in [0.4, 0.5) is 0 Å². The fourth-order valence-electron chi connectivity index (χ4n) is 3.21. The first-order chi connectivity index (χ1) is 10.6. The molecule has 130 valence electrons. The van der Waals surface area contributed by atoms with Gasteiger partial charge in [-0.05, 0) is 69.2 Å². The molecule has 3 rings (SSSR count). The maximum absolute atomic E-state index is 6.19. The van der Waals surface area contributed by atoms with Gasteiger partial charge in [0.15, 0.2) is 0 Å². The van der Waals surface area contributed by atoms with Crippen molar-refractivity contribution < 1.29 is 4.74 Å². The van der Waals surface area contributed by atoms with Crippen LogP contribution < -0.4 is 10.5 Å². The molecule has 1 aliphatic heterocycles. The summed E-state index contributed by atoms with van der Waals surface area (Å²) in [4.78, 5) is 2.49. The Morgan fingerprint density at radius 1 is 1.35 bits per heavy atom. The molecular formula is C18H28Cl2N2O. The molecule has 5 heteroatoms. The number of likely N-dealkylation sites (tertiary alicyclic amines) is 1. The van der Waals surface area contributed by atoms with Crippen molar-refractivity contribution in [1.29, 1.82) is 0 Å². The van der Waals surface area contributed by atoms with Gasteiger partial charge in [-0.2, -0.15) is 0 Å². The van der Waals surface area contributed by atoms with Crippen molar-refractivity contribution in [2.75, 3.05) is 19.7 Å². The molecule has 2 unspecified atom stereocenters. The molecule has 3 nitrogen and oxygen atoms in total. The van der Waals surface area contributed by atoms with E-state index in [0.29, 0.717) is 5.92 Å². The smallest absolute Gasteiger partial charge is 0.123 e. The Hall–Kier alpha value is -0.480. The molecule has 1 saturated carbocycles. The minimum atomic E-state index is 0. The van der Waals surface area contributed by atoms with Gasteiger partial charge < -0.3 is 10.5 Å². The second-order valence-electron chi connectivity index (χ2n) is 7.00. The highest BCUT2D eigenvalue weighted by Gasteiger charge is 2.25. The zero-order chi connectivity index (χ0) is 15.5. The predicted octanol–water partition coefficient (Wildman–Crippen LogP) is 4.11. The van der Waals surface area contributed by atoms with Crippen LogP contribution in [0.2, 0.25) is 5.02 Å². The number of rotatable bonds is 6. The summed E-state index contributed by atoms with van der Waals surface area (Å²) in [5.74, 6) is 2.36. The van der Waals surface area contributed by atoms with E-state index in [1.54, 1.807) is 0 Å². The van der Waals surface area contributed by atoms with Crippen molar-refractivity contribution in [3.05, 3.63) is 28.8 Å². The van der Waals surface area contributed by atoms with Gasteiger partial charge in [0.05, 0.1) is 6.61 Å². The van der Waals surface area contributed by atoms with Gasteiger partial charge in [-0.25, -0.2) is 0 Å². The molecule has 1 heterocycles. The lowest BCUT2D eigenvalue weighted by atomic mass is 9.92. The van der Waals surface area contributed by atoms with Crippen molar-refractivity contribution in [3.63, 3.8) is 0 Å². The lowest BCUT2D eigenvalue weighted by Gasteiger charge is -2.34. The van der Waals surface area contributed by atoms with Gasteiger partial charge in [0.2, 0.25) is 0 Å². The van der Waals surface area contributed by atoms with Crippen LogP contribution in [0.1, 0.15) is 38.2 Å². The Bertz CT molecular complexity index is 506. The highest BCUT2D eigenvalue weighted by Crippen LogP contribution is 2.32. The number of piperidine rings is 1. The van der Waals surface area contributed by atoms with Gasteiger partial charge >= 0.3 is 0 Å². The lowest BCUT2D eigenvalue weighted by molar-refractivity contribution is 0.152. The van der Waals surface area contributed by atoms with Crippen molar-refractivity contribution in [2.45, 2.75) is 45.2 Å². The molecular weight excluding hydrogens is 331 g/mol. The average Bonchev–Trinajstić information content (AvgIpc) is 3.31. The zero-order valence-electron chi connectivity index (χ0n) is 13.8. The van der Waals surface area contributed by atoms with Crippen molar-refractivity contribution in [2.24, 2.45) is 17.6 Å². The monoisotopic (exact) mass is 358 g/mol. The first-order valence-corrected chi connectivity index (χ1v) is 8.89. The molecule has 2 fully saturated rings. The molecule has 1 aromatic carbocycles. The summed E-state index contributed by atoms with van der Waals surface area (Å²) < 4.78 is 6.02. The van der Waals surface area contributed by atoms with Crippen LogP contribution in [-0.2, 0) is 6.54 Å². The number of hydrogen-bond acceptors (Lipinski definition) is 3. The van der Waals surface area contributed by atoms with E-state index in [2.05, 4.69) is 17.9 Å². The molecule has 23 heavy (non-hydrogen) atoms. The minimum Gasteiger partial charge on any atom is -0.493 e. The molecule has 2 aliphatic rings. The van der Waals surface area contributed by atoms with E-state index in [9.17, 15) is 0 Å². The maximum atomic E-state index is 6.19. The standard InChI is InChI=1S/C18H27ClN2O.ClH/c1-13(20)15-3-2-8-21(10-15)11-16-9-17(19)6-7-18(16)22-12-14-4-5-14;/h6-7,9,13-15H,2-5,8,10-12,20H2,1H3;1H. The molecule has 1 aliphatic carbocycles. The van der Waals surface area contributed by atoms with Crippen LogP contribution in [-0.4, -0.2) is 30.6 Å². The van der Waals surface area contributed by atoms with E-state index in [-0.39, 0.29) is 18.4 Å². The fraction of sp³-hybridized carbons (Fsp3) is 0.667. The van der Waals surface area contributed by atoms with Crippen molar-refractivity contribution in [1.82, 2.24) is 4.90 Å². The summed E-state index contributed by atoms with van der Waals surface area (Å²) in [5.41, 5.74) is 7.30. The molecule has 0 bridgehead atoms. The summed E-state index contributed by atoms with van der Waals surface area (Å²) in [7, 11) is 0. The quantitative estimate of drug-likeness (QED) is 0.831. The molecule has 0 radical (unpaired) electrons. The van der Waals surface area contributed by atoms with E-state index in [1.807, 2.05) is 12.1 Å². The topological polar surface area (TPSA) is 38.5 Å². The maximum Gasteiger partial charge on any atom is 0.123 e. The number of nitrogens with two attached hydrogens (primary N) is 1. The Labute approximate surface area is 150 Å². The third-order valence-corrected chi connectivity index (χ3v) is 5.11. The van der Waals surface area contributed by atoms with Gasteiger partial charge in [0, 0.05) is 29.7 Å². The number of halogens is 2. The fourth-order valence-corrected chi connectivity index (χ4v) is 3.40. The zero-order valence-corrected chi connectivity index (χ0v) is 15.4. The van der Waals surface area contributed by atoms with Crippen LogP contribution in [0.15, 0.2) is 18.2 Å². The Balaban J connectivity index is 0.00000192.